The lowest BCUT2D eigenvalue weighted by Crippen LogP contribution is -2.43. The third-order valence-electron chi connectivity index (χ3n) is 3.07. The molecule has 1 amide bonds. The quantitative estimate of drug-likeness (QED) is 0.800. The van der Waals surface area contributed by atoms with Crippen LogP contribution in [0, 0.1) is 0 Å². The molecule has 1 fully saturated rings. The van der Waals surface area contributed by atoms with E-state index in [9.17, 15) is 4.79 Å². The molecule has 1 aliphatic rings. The normalized spacial score (nSPS) is 19.6. The predicted octanol–water partition coefficient (Wildman–Crippen LogP) is -0.282. The van der Waals surface area contributed by atoms with Gasteiger partial charge in [0.05, 0.1) is 25.1 Å². The second kappa shape index (κ2) is 5.45. The third kappa shape index (κ3) is 2.68. The number of morpholine rings is 1. The largest absolute Gasteiger partial charge is 0.378 e. The van der Waals surface area contributed by atoms with Crippen molar-refractivity contribution in [1.82, 2.24) is 19.9 Å². The summed E-state index contributed by atoms with van der Waals surface area (Å²) in [5, 5.41) is 7.92. The van der Waals surface area contributed by atoms with Gasteiger partial charge in [0.1, 0.15) is 6.04 Å². The Hall–Kier alpha value is -1.47. The Labute approximate surface area is 106 Å². The maximum Gasteiger partial charge on any atom is 0.247 e. The van der Waals surface area contributed by atoms with Gasteiger partial charge < -0.3 is 15.4 Å². The van der Waals surface area contributed by atoms with Crippen molar-refractivity contribution in [1.29, 1.82) is 0 Å². The monoisotopic (exact) mass is 253 g/mol. The zero-order chi connectivity index (χ0) is 13.1. The summed E-state index contributed by atoms with van der Waals surface area (Å²) in [6, 6.07) is -0.535. The van der Waals surface area contributed by atoms with Crippen molar-refractivity contribution in [3.63, 3.8) is 0 Å². The lowest BCUT2D eigenvalue weighted by molar-refractivity contribution is -0.138. The summed E-state index contributed by atoms with van der Waals surface area (Å²) in [5.41, 5.74) is 6.41. The topological polar surface area (TPSA) is 86.3 Å². The highest BCUT2D eigenvalue weighted by molar-refractivity contribution is 5.80. The summed E-state index contributed by atoms with van der Waals surface area (Å²) in [4.78, 5) is 14.0. The Morgan fingerprint density at radius 1 is 1.44 bits per heavy atom. The minimum atomic E-state index is -0.358. The summed E-state index contributed by atoms with van der Waals surface area (Å²) in [5.74, 6) is 0.0411. The second-order valence-corrected chi connectivity index (χ2v) is 4.53. The van der Waals surface area contributed by atoms with Crippen LogP contribution >= 0.6 is 0 Å². The zero-order valence-corrected chi connectivity index (χ0v) is 10.7. The van der Waals surface area contributed by atoms with E-state index < -0.39 is 0 Å². The first-order valence-corrected chi connectivity index (χ1v) is 6.13. The Kier molecular flexibility index (Phi) is 3.93. The van der Waals surface area contributed by atoms with E-state index in [0.717, 1.165) is 0 Å². The van der Waals surface area contributed by atoms with Crippen molar-refractivity contribution in [2.75, 3.05) is 26.3 Å². The standard InChI is InChI=1S/C11H19N5O2/c1-8(12)10-7-16(14-13-10)9(2)11(17)15-3-5-18-6-4-15/h7-9H,3-6,12H2,1-2H3. The Bertz CT molecular complexity index is 411. The van der Waals surface area contributed by atoms with Gasteiger partial charge in [-0.3, -0.25) is 4.79 Å². The maximum absolute atomic E-state index is 12.2. The highest BCUT2D eigenvalue weighted by Crippen LogP contribution is 2.12. The zero-order valence-electron chi connectivity index (χ0n) is 10.7. The number of hydrogen-bond donors (Lipinski definition) is 1. The van der Waals surface area contributed by atoms with Crippen LogP contribution in [0.1, 0.15) is 31.6 Å². The molecular weight excluding hydrogens is 234 g/mol. The van der Waals surface area contributed by atoms with Gasteiger partial charge in [0, 0.05) is 19.1 Å². The molecular formula is C11H19N5O2. The maximum atomic E-state index is 12.2. The predicted molar refractivity (Wildman–Crippen MR) is 64.7 cm³/mol. The van der Waals surface area contributed by atoms with Crippen LogP contribution in [0.3, 0.4) is 0 Å². The number of carbonyl (C=O) groups is 1. The van der Waals surface area contributed by atoms with E-state index in [2.05, 4.69) is 10.3 Å². The average Bonchev–Trinajstić information content (AvgIpc) is 2.88. The van der Waals surface area contributed by atoms with Gasteiger partial charge in [-0.2, -0.15) is 0 Å². The fourth-order valence-electron chi connectivity index (χ4n) is 1.85. The average molecular weight is 253 g/mol. The van der Waals surface area contributed by atoms with Gasteiger partial charge in [0.15, 0.2) is 0 Å². The van der Waals surface area contributed by atoms with Gasteiger partial charge in [-0.25, -0.2) is 4.68 Å². The highest BCUT2D eigenvalue weighted by atomic mass is 16.5. The van der Waals surface area contributed by atoms with Crippen LogP contribution < -0.4 is 5.73 Å². The van der Waals surface area contributed by atoms with Crippen LogP contribution in [-0.4, -0.2) is 52.1 Å². The molecule has 7 nitrogen and oxygen atoms in total. The lowest BCUT2D eigenvalue weighted by Gasteiger charge is -2.29. The fourth-order valence-corrected chi connectivity index (χ4v) is 1.85. The van der Waals surface area contributed by atoms with Crippen LogP contribution in [0.5, 0.6) is 0 Å². The molecule has 0 spiro atoms. The van der Waals surface area contributed by atoms with Gasteiger partial charge in [-0.1, -0.05) is 5.21 Å². The molecule has 2 rings (SSSR count). The minimum Gasteiger partial charge on any atom is -0.378 e. The molecule has 100 valence electrons. The Morgan fingerprint density at radius 3 is 2.67 bits per heavy atom. The third-order valence-corrected chi connectivity index (χ3v) is 3.07. The Balaban J connectivity index is 2.04. The molecule has 1 aromatic heterocycles. The van der Waals surface area contributed by atoms with Crippen molar-refractivity contribution in [2.24, 2.45) is 5.73 Å². The molecule has 2 heterocycles. The Morgan fingerprint density at radius 2 is 2.11 bits per heavy atom. The van der Waals surface area contributed by atoms with Gasteiger partial charge in [0.2, 0.25) is 5.91 Å². The summed E-state index contributed by atoms with van der Waals surface area (Å²) < 4.78 is 6.79. The summed E-state index contributed by atoms with van der Waals surface area (Å²) in [7, 11) is 0. The summed E-state index contributed by atoms with van der Waals surface area (Å²) >= 11 is 0. The fraction of sp³-hybridized carbons (Fsp3) is 0.727. The van der Waals surface area contributed by atoms with Gasteiger partial charge in [0.25, 0.3) is 0 Å². The molecule has 1 saturated heterocycles. The van der Waals surface area contributed by atoms with E-state index in [1.54, 1.807) is 15.8 Å². The van der Waals surface area contributed by atoms with E-state index in [4.69, 9.17) is 10.5 Å². The van der Waals surface area contributed by atoms with E-state index >= 15 is 0 Å². The number of ether oxygens (including phenoxy) is 1. The number of amides is 1. The summed E-state index contributed by atoms with van der Waals surface area (Å²) in [6.07, 6.45) is 1.73. The molecule has 7 heteroatoms. The first-order chi connectivity index (χ1) is 8.59. The molecule has 0 radical (unpaired) electrons. The van der Waals surface area contributed by atoms with E-state index in [0.29, 0.717) is 32.0 Å². The van der Waals surface area contributed by atoms with E-state index in [1.165, 1.54) is 0 Å². The van der Waals surface area contributed by atoms with Crippen LogP contribution in [0.15, 0.2) is 6.20 Å². The van der Waals surface area contributed by atoms with Crippen LogP contribution in [-0.2, 0) is 9.53 Å². The van der Waals surface area contributed by atoms with E-state index in [1.807, 2.05) is 13.8 Å². The summed E-state index contributed by atoms with van der Waals surface area (Å²) in [6.45, 7) is 6.12. The van der Waals surface area contributed by atoms with Crippen molar-refractivity contribution < 1.29 is 9.53 Å². The van der Waals surface area contributed by atoms with Gasteiger partial charge >= 0.3 is 0 Å². The second-order valence-electron chi connectivity index (χ2n) is 4.53. The first-order valence-electron chi connectivity index (χ1n) is 6.13. The van der Waals surface area contributed by atoms with E-state index in [-0.39, 0.29) is 18.0 Å². The molecule has 0 saturated carbocycles. The van der Waals surface area contributed by atoms with Crippen LogP contribution in [0.25, 0.3) is 0 Å². The van der Waals surface area contributed by atoms with Crippen molar-refractivity contribution in [3.05, 3.63) is 11.9 Å². The molecule has 2 unspecified atom stereocenters. The number of hydrogen-bond acceptors (Lipinski definition) is 5. The molecule has 2 atom stereocenters. The number of nitrogens with zero attached hydrogens (tertiary/aromatic N) is 4. The lowest BCUT2D eigenvalue weighted by atomic mass is 10.2. The molecule has 1 aromatic rings. The molecule has 0 bridgehead atoms. The van der Waals surface area contributed by atoms with Crippen LogP contribution in [0.4, 0.5) is 0 Å². The number of carbonyl (C=O) groups excluding carboxylic acids is 1. The number of rotatable bonds is 3. The highest BCUT2D eigenvalue weighted by Gasteiger charge is 2.24. The molecule has 0 aliphatic carbocycles. The smallest absolute Gasteiger partial charge is 0.247 e. The number of nitrogens with two attached hydrogens (primary N) is 1. The first kappa shape index (κ1) is 13.0. The molecule has 1 aliphatic heterocycles. The van der Waals surface area contributed by atoms with Crippen molar-refractivity contribution in [3.8, 4) is 0 Å². The molecule has 2 N–H and O–H groups in total. The van der Waals surface area contributed by atoms with Gasteiger partial charge in [-0.05, 0) is 13.8 Å². The SMILES string of the molecule is CC(N)c1cn(C(C)C(=O)N2CCOCC2)nn1. The van der Waals surface area contributed by atoms with Gasteiger partial charge in [-0.15, -0.1) is 5.10 Å². The minimum absolute atomic E-state index is 0.0411. The van der Waals surface area contributed by atoms with Crippen LogP contribution in [0.2, 0.25) is 0 Å². The van der Waals surface area contributed by atoms with Crippen molar-refractivity contribution in [2.45, 2.75) is 25.9 Å². The van der Waals surface area contributed by atoms with Crippen molar-refractivity contribution >= 4 is 5.91 Å². The molecule has 18 heavy (non-hydrogen) atoms. The number of aromatic nitrogens is 3. The molecule has 0 aromatic carbocycles.